The van der Waals surface area contributed by atoms with Crippen LogP contribution in [-0.2, 0) is 4.74 Å². The number of carbonyl (C=O) groups is 1. The van der Waals surface area contributed by atoms with Crippen molar-refractivity contribution in [3.05, 3.63) is 71.3 Å². The largest absolute Gasteiger partial charge is 0.462 e. The number of nitrogens with one attached hydrogen (secondary N) is 1. The summed E-state index contributed by atoms with van der Waals surface area (Å²) >= 11 is 0. The molecule has 0 bridgehead atoms. The third kappa shape index (κ3) is 2.54. The zero-order chi connectivity index (χ0) is 19.3. The lowest BCUT2D eigenvalue weighted by Crippen LogP contribution is -2.12. The Labute approximate surface area is 164 Å². The molecule has 0 saturated heterocycles. The molecule has 1 heterocycles. The minimum Gasteiger partial charge on any atom is -0.462 e. The normalized spacial score (nSPS) is 13.9. The first-order chi connectivity index (χ1) is 13.7. The van der Waals surface area contributed by atoms with Crippen molar-refractivity contribution in [1.29, 1.82) is 0 Å². The second kappa shape index (κ2) is 6.52. The lowest BCUT2D eigenvalue weighted by atomic mass is 9.85. The molecule has 1 aliphatic rings. The van der Waals surface area contributed by atoms with Crippen molar-refractivity contribution in [2.24, 2.45) is 0 Å². The fourth-order valence-corrected chi connectivity index (χ4v) is 4.42. The highest BCUT2D eigenvalue weighted by Gasteiger charge is 2.35. The highest BCUT2D eigenvalue weighted by molar-refractivity contribution is 6.18. The van der Waals surface area contributed by atoms with Gasteiger partial charge in [0.1, 0.15) is 0 Å². The van der Waals surface area contributed by atoms with Crippen molar-refractivity contribution in [1.82, 2.24) is 4.98 Å². The number of fused-ring (bicyclic) bond motifs is 3. The van der Waals surface area contributed by atoms with Crippen LogP contribution in [0.4, 0.5) is 0 Å². The van der Waals surface area contributed by atoms with E-state index in [4.69, 9.17) is 4.74 Å². The number of esters is 1. The number of benzene rings is 3. The van der Waals surface area contributed by atoms with E-state index in [2.05, 4.69) is 47.4 Å². The van der Waals surface area contributed by atoms with Gasteiger partial charge >= 0.3 is 5.97 Å². The molecule has 3 aromatic carbocycles. The van der Waals surface area contributed by atoms with Gasteiger partial charge in [0.15, 0.2) is 0 Å². The Bertz CT molecular complexity index is 1200. The Balaban J connectivity index is 1.99. The van der Waals surface area contributed by atoms with E-state index in [1.165, 1.54) is 21.9 Å². The van der Waals surface area contributed by atoms with Gasteiger partial charge in [-0.25, -0.2) is 4.79 Å². The summed E-state index contributed by atoms with van der Waals surface area (Å²) in [6, 6.07) is 18.9. The number of aryl methyl sites for hydroxylation is 1. The summed E-state index contributed by atoms with van der Waals surface area (Å²) in [5.41, 5.74) is 7.38. The molecular formula is C25H23NO2. The van der Waals surface area contributed by atoms with Crippen LogP contribution in [0.2, 0.25) is 0 Å². The first kappa shape index (κ1) is 17.1. The van der Waals surface area contributed by atoms with Crippen molar-refractivity contribution in [2.75, 3.05) is 6.61 Å². The fourth-order valence-electron chi connectivity index (χ4n) is 4.42. The molecule has 3 heteroatoms. The maximum absolute atomic E-state index is 13.0. The van der Waals surface area contributed by atoms with Gasteiger partial charge in [0.25, 0.3) is 0 Å². The average molecular weight is 369 g/mol. The minimum atomic E-state index is -0.209. The lowest BCUT2D eigenvalue weighted by Gasteiger charge is -2.19. The first-order valence-electron chi connectivity index (χ1n) is 10.00. The number of rotatable bonds is 4. The van der Waals surface area contributed by atoms with Crippen LogP contribution in [0.15, 0.2) is 54.6 Å². The maximum atomic E-state index is 13.0. The van der Waals surface area contributed by atoms with Crippen LogP contribution in [0, 0.1) is 6.92 Å². The maximum Gasteiger partial charge on any atom is 0.338 e. The van der Waals surface area contributed by atoms with Gasteiger partial charge in [-0.1, -0.05) is 48.5 Å². The summed E-state index contributed by atoms with van der Waals surface area (Å²) in [4.78, 5) is 16.6. The third-order valence-electron chi connectivity index (χ3n) is 5.77. The molecule has 0 aliphatic heterocycles. The molecule has 5 rings (SSSR count). The molecule has 0 amide bonds. The zero-order valence-corrected chi connectivity index (χ0v) is 16.2. The smallest absolute Gasteiger partial charge is 0.338 e. The average Bonchev–Trinajstić information content (AvgIpc) is 3.49. The molecular weight excluding hydrogens is 346 g/mol. The molecule has 140 valence electrons. The summed E-state index contributed by atoms with van der Waals surface area (Å²) in [7, 11) is 0. The van der Waals surface area contributed by atoms with Crippen molar-refractivity contribution in [3.63, 3.8) is 0 Å². The SMILES string of the molecule is CCOC(=O)c1c(C2CC2)c(-c2ccccc2)c2c([nH]c3ccccc32)c1C. The number of carbonyl (C=O) groups excluding carboxylic acids is 1. The minimum absolute atomic E-state index is 0.209. The Morgan fingerprint density at radius 3 is 2.50 bits per heavy atom. The van der Waals surface area contributed by atoms with Crippen LogP contribution in [0.1, 0.15) is 47.2 Å². The Morgan fingerprint density at radius 2 is 1.79 bits per heavy atom. The standard InChI is InChI=1S/C25H23NO2/c1-3-28-25(27)20-15(2)24-23(18-11-7-8-12-19(18)26-24)22(21(20)17-13-14-17)16-9-5-4-6-10-16/h4-12,17,26H,3,13-14H2,1-2H3. The quantitative estimate of drug-likeness (QED) is 0.426. The monoisotopic (exact) mass is 369 g/mol. The highest BCUT2D eigenvalue weighted by atomic mass is 16.5. The second-order valence-corrected chi connectivity index (χ2v) is 7.57. The first-order valence-corrected chi connectivity index (χ1v) is 10.00. The molecule has 0 unspecified atom stereocenters. The Kier molecular flexibility index (Phi) is 3.97. The predicted octanol–water partition coefficient (Wildman–Crippen LogP) is 6.35. The molecule has 1 saturated carbocycles. The van der Waals surface area contributed by atoms with Gasteiger partial charge in [0.05, 0.1) is 17.7 Å². The molecule has 4 aromatic rings. The molecule has 3 nitrogen and oxygen atoms in total. The van der Waals surface area contributed by atoms with Crippen LogP contribution in [0.25, 0.3) is 32.9 Å². The lowest BCUT2D eigenvalue weighted by molar-refractivity contribution is 0.0524. The fraction of sp³-hybridized carbons (Fsp3) is 0.240. The summed E-state index contributed by atoms with van der Waals surface area (Å²) in [6.45, 7) is 4.29. The number of ether oxygens (including phenoxy) is 1. The topological polar surface area (TPSA) is 42.1 Å². The van der Waals surface area contributed by atoms with E-state index >= 15 is 0 Å². The van der Waals surface area contributed by atoms with Gasteiger partial charge in [-0.3, -0.25) is 0 Å². The molecule has 1 fully saturated rings. The van der Waals surface area contributed by atoms with Gasteiger partial charge in [0.2, 0.25) is 0 Å². The number of hydrogen-bond acceptors (Lipinski definition) is 2. The second-order valence-electron chi connectivity index (χ2n) is 7.57. The van der Waals surface area contributed by atoms with Crippen LogP contribution in [0.5, 0.6) is 0 Å². The van der Waals surface area contributed by atoms with Crippen molar-refractivity contribution >= 4 is 27.8 Å². The molecule has 0 atom stereocenters. The van der Waals surface area contributed by atoms with Gasteiger partial charge in [-0.05, 0) is 60.9 Å². The van der Waals surface area contributed by atoms with Gasteiger partial charge in [-0.2, -0.15) is 0 Å². The van der Waals surface area contributed by atoms with Crippen molar-refractivity contribution < 1.29 is 9.53 Å². The van der Waals surface area contributed by atoms with Crippen LogP contribution >= 0.6 is 0 Å². The third-order valence-corrected chi connectivity index (χ3v) is 5.77. The Morgan fingerprint density at radius 1 is 1.07 bits per heavy atom. The molecule has 0 radical (unpaired) electrons. The van der Waals surface area contributed by atoms with Crippen molar-refractivity contribution in [2.45, 2.75) is 32.6 Å². The Hall–Kier alpha value is -3.07. The van der Waals surface area contributed by atoms with Gasteiger partial charge in [0, 0.05) is 16.3 Å². The summed E-state index contributed by atoms with van der Waals surface area (Å²) in [5, 5.41) is 2.42. The van der Waals surface area contributed by atoms with E-state index in [1.54, 1.807) is 0 Å². The van der Waals surface area contributed by atoms with Gasteiger partial charge < -0.3 is 9.72 Å². The highest BCUT2D eigenvalue weighted by Crippen LogP contribution is 2.51. The van der Waals surface area contributed by atoms with Crippen molar-refractivity contribution in [3.8, 4) is 11.1 Å². The van der Waals surface area contributed by atoms with E-state index in [-0.39, 0.29) is 5.97 Å². The molecule has 1 aliphatic carbocycles. The van der Waals surface area contributed by atoms with E-state index in [9.17, 15) is 4.79 Å². The number of H-pyrrole nitrogens is 1. The summed E-state index contributed by atoms with van der Waals surface area (Å²) in [5.74, 6) is 0.214. The number of para-hydroxylation sites is 1. The molecule has 1 aromatic heterocycles. The number of aromatic amines is 1. The summed E-state index contributed by atoms with van der Waals surface area (Å²) in [6.07, 6.45) is 2.25. The summed E-state index contributed by atoms with van der Waals surface area (Å²) < 4.78 is 5.49. The molecule has 28 heavy (non-hydrogen) atoms. The predicted molar refractivity (Wildman–Crippen MR) is 114 cm³/mol. The van der Waals surface area contributed by atoms with E-state index in [0.717, 1.165) is 40.6 Å². The van der Waals surface area contributed by atoms with Crippen LogP contribution < -0.4 is 0 Å². The molecule has 1 N–H and O–H groups in total. The van der Waals surface area contributed by atoms with Crippen LogP contribution in [-0.4, -0.2) is 17.6 Å². The van der Waals surface area contributed by atoms with E-state index < -0.39 is 0 Å². The van der Waals surface area contributed by atoms with Gasteiger partial charge in [-0.15, -0.1) is 0 Å². The molecule has 0 spiro atoms. The van der Waals surface area contributed by atoms with Crippen LogP contribution in [0.3, 0.4) is 0 Å². The number of aromatic nitrogens is 1. The van der Waals surface area contributed by atoms with E-state index in [0.29, 0.717) is 12.5 Å². The van der Waals surface area contributed by atoms with E-state index in [1.807, 2.05) is 26.0 Å². The zero-order valence-electron chi connectivity index (χ0n) is 16.2. The number of hydrogen-bond donors (Lipinski definition) is 1.